The number of nitrogens with zero attached hydrogens (tertiary/aromatic N) is 3. The molecule has 0 saturated heterocycles. The summed E-state index contributed by atoms with van der Waals surface area (Å²) < 4.78 is 1.79. The van der Waals surface area contributed by atoms with Gasteiger partial charge in [0.2, 0.25) is 0 Å². The highest BCUT2D eigenvalue weighted by atomic mass is 15.3. The first kappa shape index (κ1) is 13.8. The molecule has 0 aliphatic rings. The van der Waals surface area contributed by atoms with Gasteiger partial charge in [0.05, 0.1) is 5.69 Å². The summed E-state index contributed by atoms with van der Waals surface area (Å²) in [6, 6.07) is 1.99. The van der Waals surface area contributed by atoms with Crippen LogP contribution in [0.2, 0.25) is 0 Å². The Morgan fingerprint density at radius 3 is 2.63 bits per heavy atom. The van der Waals surface area contributed by atoms with Crippen molar-refractivity contribution >= 4 is 11.5 Å². The number of unbranched alkanes of at least 4 members (excludes halogenated alkanes) is 2. The van der Waals surface area contributed by atoms with Gasteiger partial charge in [-0.05, 0) is 26.2 Å². The highest BCUT2D eigenvalue weighted by Crippen LogP contribution is 2.22. The molecular weight excluding hydrogens is 236 g/mol. The number of nitrogen functional groups attached to an aromatic ring is 1. The van der Waals surface area contributed by atoms with Crippen LogP contribution in [0.1, 0.15) is 56.5 Å². The maximum atomic E-state index is 6.31. The molecule has 0 fully saturated rings. The topological polar surface area (TPSA) is 56.2 Å². The number of nitrogens with two attached hydrogens (primary N) is 1. The molecule has 0 unspecified atom stereocenters. The molecule has 2 N–H and O–H groups in total. The lowest BCUT2D eigenvalue weighted by atomic mass is 10.0. The number of fused-ring (bicyclic) bond motifs is 1. The molecule has 2 aromatic heterocycles. The third-order valence-corrected chi connectivity index (χ3v) is 3.47. The van der Waals surface area contributed by atoms with Crippen LogP contribution in [0.5, 0.6) is 0 Å². The van der Waals surface area contributed by atoms with E-state index < -0.39 is 0 Å². The molecule has 0 atom stereocenters. The molecule has 4 heteroatoms. The van der Waals surface area contributed by atoms with Crippen molar-refractivity contribution in [2.45, 2.75) is 59.3 Å². The number of aryl methyl sites for hydroxylation is 2. The van der Waals surface area contributed by atoms with Gasteiger partial charge in [0.25, 0.3) is 0 Å². The van der Waals surface area contributed by atoms with E-state index in [0.717, 1.165) is 42.1 Å². The fourth-order valence-electron chi connectivity index (χ4n) is 2.49. The predicted octanol–water partition coefficient (Wildman–Crippen LogP) is 3.31. The molecule has 0 aliphatic heterocycles. The van der Waals surface area contributed by atoms with Gasteiger partial charge in [-0.1, -0.05) is 33.1 Å². The Morgan fingerprint density at radius 2 is 1.95 bits per heavy atom. The molecule has 2 heterocycles. The lowest BCUT2D eigenvalue weighted by molar-refractivity contribution is 0.703. The first-order chi connectivity index (χ1) is 9.17. The molecule has 4 nitrogen and oxygen atoms in total. The van der Waals surface area contributed by atoms with E-state index in [1.807, 2.05) is 13.0 Å². The number of aromatic nitrogens is 3. The Kier molecular flexibility index (Phi) is 4.40. The maximum absolute atomic E-state index is 6.31. The van der Waals surface area contributed by atoms with E-state index in [1.165, 1.54) is 24.8 Å². The van der Waals surface area contributed by atoms with Crippen molar-refractivity contribution < 1.29 is 0 Å². The molecule has 2 rings (SSSR count). The monoisotopic (exact) mass is 260 g/mol. The minimum absolute atomic E-state index is 0.776. The second kappa shape index (κ2) is 6.04. The van der Waals surface area contributed by atoms with E-state index in [0.29, 0.717) is 0 Å². The molecule has 0 saturated carbocycles. The number of rotatable bonds is 6. The Labute approximate surface area is 115 Å². The first-order valence-electron chi connectivity index (χ1n) is 7.31. The van der Waals surface area contributed by atoms with Crippen molar-refractivity contribution in [1.82, 2.24) is 14.6 Å². The Bertz CT molecular complexity index is 557. The van der Waals surface area contributed by atoms with Crippen molar-refractivity contribution in [3.05, 3.63) is 23.0 Å². The van der Waals surface area contributed by atoms with Crippen molar-refractivity contribution in [2.24, 2.45) is 0 Å². The summed E-state index contributed by atoms with van der Waals surface area (Å²) in [7, 11) is 0. The summed E-state index contributed by atoms with van der Waals surface area (Å²) >= 11 is 0. The Balaban J connectivity index is 2.44. The van der Waals surface area contributed by atoms with Gasteiger partial charge in [-0.25, -0.2) is 4.98 Å². The van der Waals surface area contributed by atoms with E-state index in [-0.39, 0.29) is 0 Å². The van der Waals surface area contributed by atoms with E-state index >= 15 is 0 Å². The molecule has 19 heavy (non-hydrogen) atoms. The highest BCUT2D eigenvalue weighted by molar-refractivity contribution is 5.53. The van der Waals surface area contributed by atoms with Crippen LogP contribution in [0.4, 0.5) is 5.82 Å². The quantitative estimate of drug-likeness (QED) is 0.811. The van der Waals surface area contributed by atoms with Crippen LogP contribution >= 0.6 is 0 Å². The Hall–Kier alpha value is -1.58. The predicted molar refractivity (Wildman–Crippen MR) is 79.4 cm³/mol. The van der Waals surface area contributed by atoms with Crippen molar-refractivity contribution in [1.29, 1.82) is 0 Å². The summed E-state index contributed by atoms with van der Waals surface area (Å²) in [4.78, 5) is 4.75. The molecule has 0 spiro atoms. The summed E-state index contributed by atoms with van der Waals surface area (Å²) in [6.45, 7) is 6.37. The lowest BCUT2D eigenvalue weighted by Gasteiger charge is -2.12. The van der Waals surface area contributed by atoms with Gasteiger partial charge in [-0.3, -0.25) is 0 Å². The van der Waals surface area contributed by atoms with Crippen LogP contribution < -0.4 is 5.73 Å². The second-order valence-corrected chi connectivity index (χ2v) is 5.19. The average Bonchev–Trinajstić information content (AvgIpc) is 2.74. The highest BCUT2D eigenvalue weighted by Gasteiger charge is 2.13. The molecule has 0 bridgehead atoms. The molecular formula is C15H24N4. The molecule has 0 aromatic carbocycles. The van der Waals surface area contributed by atoms with Crippen LogP contribution in [-0.2, 0) is 12.8 Å². The lowest BCUT2D eigenvalue weighted by Crippen LogP contribution is -2.10. The summed E-state index contributed by atoms with van der Waals surface area (Å²) in [5, 5.41) is 4.43. The second-order valence-electron chi connectivity index (χ2n) is 5.19. The van der Waals surface area contributed by atoms with Crippen LogP contribution in [0.15, 0.2) is 6.07 Å². The largest absolute Gasteiger partial charge is 0.383 e. The summed E-state index contributed by atoms with van der Waals surface area (Å²) in [6.07, 6.45) is 6.73. The number of hydrogen-bond acceptors (Lipinski definition) is 3. The van der Waals surface area contributed by atoms with Gasteiger partial charge < -0.3 is 5.73 Å². The van der Waals surface area contributed by atoms with Crippen LogP contribution in [0.3, 0.4) is 0 Å². The zero-order valence-electron chi connectivity index (χ0n) is 12.2. The minimum Gasteiger partial charge on any atom is -0.383 e. The molecule has 0 aliphatic carbocycles. The van der Waals surface area contributed by atoms with Crippen molar-refractivity contribution in [3.63, 3.8) is 0 Å². The molecule has 0 amide bonds. The SMILES string of the molecule is CCCCCc1c(CCC)nc2cc(C)nn2c1N. The fraction of sp³-hybridized carbons (Fsp3) is 0.600. The zero-order valence-corrected chi connectivity index (χ0v) is 12.2. The Morgan fingerprint density at radius 1 is 1.16 bits per heavy atom. The maximum Gasteiger partial charge on any atom is 0.157 e. The first-order valence-corrected chi connectivity index (χ1v) is 7.31. The summed E-state index contributed by atoms with van der Waals surface area (Å²) in [5.41, 5.74) is 10.5. The summed E-state index contributed by atoms with van der Waals surface area (Å²) in [5.74, 6) is 0.776. The molecule has 2 aromatic rings. The van der Waals surface area contributed by atoms with E-state index in [4.69, 9.17) is 10.7 Å². The smallest absolute Gasteiger partial charge is 0.157 e. The van der Waals surface area contributed by atoms with Gasteiger partial charge in [0.1, 0.15) is 5.82 Å². The zero-order chi connectivity index (χ0) is 13.8. The number of hydrogen-bond donors (Lipinski definition) is 1. The fourth-order valence-corrected chi connectivity index (χ4v) is 2.49. The van der Waals surface area contributed by atoms with Gasteiger partial charge in [0.15, 0.2) is 5.65 Å². The average molecular weight is 260 g/mol. The van der Waals surface area contributed by atoms with Gasteiger partial charge in [-0.15, -0.1) is 0 Å². The normalized spacial score (nSPS) is 11.3. The van der Waals surface area contributed by atoms with Crippen LogP contribution in [0, 0.1) is 6.92 Å². The van der Waals surface area contributed by atoms with Crippen LogP contribution in [-0.4, -0.2) is 14.6 Å². The van der Waals surface area contributed by atoms with E-state index in [2.05, 4.69) is 18.9 Å². The third-order valence-electron chi connectivity index (χ3n) is 3.47. The standard InChI is InChI=1S/C15H24N4/c1-4-6-7-9-12-13(8-5-2)17-14-10-11(3)18-19(14)15(12)16/h10H,4-9,16H2,1-3H3. The van der Waals surface area contributed by atoms with E-state index in [9.17, 15) is 0 Å². The third kappa shape index (κ3) is 2.88. The van der Waals surface area contributed by atoms with Gasteiger partial charge in [0, 0.05) is 17.3 Å². The molecule has 104 valence electrons. The van der Waals surface area contributed by atoms with Gasteiger partial charge in [-0.2, -0.15) is 9.61 Å². The van der Waals surface area contributed by atoms with Crippen molar-refractivity contribution in [3.8, 4) is 0 Å². The van der Waals surface area contributed by atoms with Crippen LogP contribution in [0.25, 0.3) is 5.65 Å². The molecule has 0 radical (unpaired) electrons. The minimum atomic E-state index is 0.776. The van der Waals surface area contributed by atoms with Crippen molar-refractivity contribution in [2.75, 3.05) is 5.73 Å². The number of anilines is 1. The van der Waals surface area contributed by atoms with E-state index in [1.54, 1.807) is 4.52 Å². The van der Waals surface area contributed by atoms with Gasteiger partial charge >= 0.3 is 0 Å².